The van der Waals surface area contributed by atoms with E-state index in [9.17, 15) is 19.8 Å². The zero-order valence-corrected chi connectivity index (χ0v) is 45.2. The zero-order chi connectivity index (χ0) is 49.5. The summed E-state index contributed by atoms with van der Waals surface area (Å²) in [6.07, 6.45) is 70.1. The van der Waals surface area contributed by atoms with E-state index in [1.54, 1.807) is 0 Å². The molecule has 0 radical (unpaired) electrons. The second-order valence-corrected chi connectivity index (χ2v) is 20.0. The van der Waals surface area contributed by atoms with Crippen LogP contribution in [0.2, 0.25) is 0 Å². The summed E-state index contributed by atoms with van der Waals surface area (Å²) in [5.74, 6) is -0.560. The molecule has 3 N–H and O–H groups in total. The monoisotopic (exact) mass is 952 g/mol. The first-order valence-corrected chi connectivity index (χ1v) is 29.5. The molecule has 0 heterocycles. The van der Waals surface area contributed by atoms with Gasteiger partial charge in [0.2, 0.25) is 5.91 Å². The SMILES string of the molecule is CC/C=C/C/C=C/C/C=C/C/C=C/C/C=C/CCC(=O)OC(CCCCCCCCCCCCCCCCCC)CC(=O)NC(CO)C(O)CCCCCCCCCCCCCCCCCCC. The molecule has 1 amide bonds. The van der Waals surface area contributed by atoms with Crippen molar-refractivity contribution < 1.29 is 24.5 Å². The van der Waals surface area contributed by atoms with Gasteiger partial charge in [0.25, 0.3) is 0 Å². The first kappa shape index (κ1) is 65.6. The van der Waals surface area contributed by atoms with Gasteiger partial charge >= 0.3 is 5.97 Å². The number of nitrogens with one attached hydrogen (secondary N) is 1. The fraction of sp³-hybridized carbons (Fsp3) is 0.806. The van der Waals surface area contributed by atoms with Crippen molar-refractivity contribution in [3.8, 4) is 0 Å². The summed E-state index contributed by atoms with van der Waals surface area (Å²) < 4.78 is 5.92. The first-order valence-electron chi connectivity index (χ1n) is 29.5. The van der Waals surface area contributed by atoms with E-state index in [-0.39, 0.29) is 31.3 Å². The van der Waals surface area contributed by atoms with Crippen LogP contribution in [0.25, 0.3) is 0 Å². The molecule has 0 aromatic rings. The van der Waals surface area contributed by atoms with E-state index in [0.717, 1.165) is 70.6 Å². The minimum Gasteiger partial charge on any atom is -0.462 e. The van der Waals surface area contributed by atoms with E-state index in [2.05, 4.69) is 80.8 Å². The summed E-state index contributed by atoms with van der Waals surface area (Å²) in [6, 6.07) is -0.717. The highest BCUT2D eigenvalue weighted by Crippen LogP contribution is 2.19. The molecular formula is C62H113NO5. The lowest BCUT2D eigenvalue weighted by molar-refractivity contribution is -0.150. The van der Waals surface area contributed by atoms with Gasteiger partial charge in [0, 0.05) is 6.42 Å². The van der Waals surface area contributed by atoms with Crippen LogP contribution in [-0.2, 0) is 14.3 Å². The lowest BCUT2D eigenvalue weighted by atomic mass is 10.0. The standard InChI is InChI=1S/C62H113NO5/c1-4-7-10-13-16-19-22-25-28-31-33-36-39-42-45-48-51-54-60(65)59(57-64)63-61(66)56-58(53-50-47-44-41-38-35-32-29-26-23-20-17-14-11-8-5-2)68-62(67)55-52-49-46-43-40-37-34-30-27-24-21-18-15-12-9-6-3/h9,12,18,21,27,30,37,40,46,49,58-60,64-65H,4-8,10-11,13-17,19-20,22-26,28-29,31-36,38-39,41-45,47-48,50-57H2,1-3H3,(H,63,66)/b12-9+,21-18+,30-27+,40-37+,49-46+. The minimum absolute atomic E-state index is 0.0501. The molecule has 0 aliphatic carbocycles. The Morgan fingerprint density at radius 2 is 0.765 bits per heavy atom. The number of hydrogen-bond donors (Lipinski definition) is 3. The molecule has 0 spiro atoms. The Bertz CT molecular complexity index is 1210. The van der Waals surface area contributed by atoms with Gasteiger partial charge in [-0.25, -0.2) is 0 Å². The number of amides is 1. The second kappa shape index (κ2) is 55.5. The summed E-state index contributed by atoms with van der Waals surface area (Å²) in [7, 11) is 0. The summed E-state index contributed by atoms with van der Waals surface area (Å²) in [5.41, 5.74) is 0. The number of aliphatic hydroxyl groups excluding tert-OH is 2. The molecule has 0 bridgehead atoms. The molecule has 68 heavy (non-hydrogen) atoms. The third-order valence-corrected chi connectivity index (χ3v) is 13.4. The fourth-order valence-corrected chi connectivity index (χ4v) is 8.95. The van der Waals surface area contributed by atoms with Crippen LogP contribution in [0.1, 0.15) is 297 Å². The second-order valence-electron chi connectivity index (χ2n) is 20.0. The van der Waals surface area contributed by atoms with E-state index < -0.39 is 18.2 Å². The number of carbonyl (C=O) groups is 2. The van der Waals surface area contributed by atoms with Crippen LogP contribution in [0.15, 0.2) is 60.8 Å². The molecular weight excluding hydrogens is 839 g/mol. The highest BCUT2D eigenvalue weighted by atomic mass is 16.5. The first-order chi connectivity index (χ1) is 33.5. The van der Waals surface area contributed by atoms with Crippen molar-refractivity contribution in [3.63, 3.8) is 0 Å². The molecule has 396 valence electrons. The lowest BCUT2D eigenvalue weighted by Gasteiger charge is -2.24. The Morgan fingerprint density at radius 3 is 1.12 bits per heavy atom. The Hall–Kier alpha value is -2.44. The predicted molar refractivity (Wildman–Crippen MR) is 296 cm³/mol. The Balaban J connectivity index is 4.61. The van der Waals surface area contributed by atoms with Gasteiger partial charge in [0.1, 0.15) is 6.10 Å². The van der Waals surface area contributed by atoms with Gasteiger partial charge in [-0.1, -0.05) is 287 Å². The molecule has 0 aromatic heterocycles. The molecule has 0 fully saturated rings. The molecule has 0 aliphatic heterocycles. The maximum atomic E-state index is 13.3. The van der Waals surface area contributed by atoms with E-state index in [1.165, 1.54) is 173 Å². The van der Waals surface area contributed by atoms with Crippen molar-refractivity contribution in [2.45, 2.75) is 315 Å². The predicted octanol–water partition coefficient (Wildman–Crippen LogP) is 18.4. The van der Waals surface area contributed by atoms with Gasteiger partial charge in [0.15, 0.2) is 0 Å². The smallest absolute Gasteiger partial charge is 0.306 e. The average molecular weight is 953 g/mol. The molecule has 0 aromatic carbocycles. The molecule has 0 saturated heterocycles. The third-order valence-electron chi connectivity index (χ3n) is 13.4. The molecule has 3 atom stereocenters. The van der Waals surface area contributed by atoms with E-state index in [0.29, 0.717) is 19.3 Å². The lowest BCUT2D eigenvalue weighted by Crippen LogP contribution is -2.46. The van der Waals surface area contributed by atoms with Crippen LogP contribution in [0.3, 0.4) is 0 Å². The van der Waals surface area contributed by atoms with Crippen molar-refractivity contribution in [1.29, 1.82) is 0 Å². The third kappa shape index (κ3) is 50.0. The maximum absolute atomic E-state index is 13.3. The summed E-state index contributed by atoms with van der Waals surface area (Å²) in [6.45, 7) is 6.39. The zero-order valence-electron chi connectivity index (χ0n) is 45.2. The number of rotatable bonds is 53. The van der Waals surface area contributed by atoms with Gasteiger partial charge in [-0.2, -0.15) is 0 Å². The average Bonchev–Trinajstić information content (AvgIpc) is 3.33. The van der Waals surface area contributed by atoms with E-state index in [4.69, 9.17) is 4.74 Å². The summed E-state index contributed by atoms with van der Waals surface area (Å²) >= 11 is 0. The number of carbonyl (C=O) groups excluding carboxylic acids is 2. The summed E-state index contributed by atoms with van der Waals surface area (Å²) in [4.78, 5) is 26.3. The highest BCUT2D eigenvalue weighted by Gasteiger charge is 2.24. The van der Waals surface area contributed by atoms with Crippen LogP contribution in [0.4, 0.5) is 0 Å². The number of aliphatic hydroxyl groups is 2. The van der Waals surface area contributed by atoms with Crippen LogP contribution < -0.4 is 5.32 Å². The minimum atomic E-state index is -0.801. The number of esters is 1. The number of ether oxygens (including phenoxy) is 1. The van der Waals surface area contributed by atoms with Gasteiger partial charge in [-0.05, 0) is 57.8 Å². The molecule has 0 saturated carbocycles. The van der Waals surface area contributed by atoms with Crippen LogP contribution in [0, 0.1) is 0 Å². The van der Waals surface area contributed by atoms with Gasteiger partial charge in [-0.15, -0.1) is 0 Å². The Labute approximate surface area is 422 Å². The van der Waals surface area contributed by atoms with Crippen molar-refractivity contribution >= 4 is 11.9 Å². The van der Waals surface area contributed by atoms with E-state index in [1.807, 2.05) is 6.08 Å². The van der Waals surface area contributed by atoms with Gasteiger partial charge in [0.05, 0.1) is 25.2 Å². The summed E-state index contributed by atoms with van der Waals surface area (Å²) in [5, 5.41) is 23.9. The quantitative estimate of drug-likeness (QED) is 0.0321. The molecule has 3 unspecified atom stereocenters. The topological polar surface area (TPSA) is 95.9 Å². The van der Waals surface area contributed by atoms with E-state index >= 15 is 0 Å². The molecule has 0 rings (SSSR count). The van der Waals surface area contributed by atoms with Gasteiger partial charge < -0.3 is 20.3 Å². The Morgan fingerprint density at radius 1 is 0.441 bits per heavy atom. The maximum Gasteiger partial charge on any atom is 0.306 e. The van der Waals surface area contributed by atoms with Gasteiger partial charge in [-0.3, -0.25) is 9.59 Å². The van der Waals surface area contributed by atoms with Crippen LogP contribution in [-0.4, -0.2) is 46.9 Å². The van der Waals surface area contributed by atoms with Crippen molar-refractivity contribution in [2.24, 2.45) is 0 Å². The number of unbranched alkanes of at least 4 members (excludes halogenated alkanes) is 31. The van der Waals surface area contributed by atoms with Crippen molar-refractivity contribution in [1.82, 2.24) is 5.32 Å². The molecule has 0 aliphatic rings. The number of allylic oxidation sites excluding steroid dienone is 10. The largest absolute Gasteiger partial charge is 0.462 e. The fourth-order valence-electron chi connectivity index (χ4n) is 8.95. The number of hydrogen-bond acceptors (Lipinski definition) is 5. The normalized spacial score (nSPS) is 13.5. The molecule has 6 nitrogen and oxygen atoms in total. The Kier molecular flexibility index (Phi) is 53.5. The van der Waals surface area contributed by atoms with Crippen LogP contribution >= 0.6 is 0 Å². The van der Waals surface area contributed by atoms with Crippen molar-refractivity contribution in [2.75, 3.05) is 6.61 Å². The van der Waals surface area contributed by atoms with Crippen molar-refractivity contribution in [3.05, 3.63) is 60.8 Å². The molecule has 6 heteroatoms. The van der Waals surface area contributed by atoms with Crippen LogP contribution in [0.5, 0.6) is 0 Å². The highest BCUT2D eigenvalue weighted by molar-refractivity contribution is 5.77.